The summed E-state index contributed by atoms with van der Waals surface area (Å²) in [6.07, 6.45) is 1.46. The number of nitrogens with zero attached hydrogens (tertiary/aromatic N) is 2. The van der Waals surface area contributed by atoms with Crippen molar-refractivity contribution in [2.45, 2.75) is 44.3 Å². The number of benzene rings is 2. The summed E-state index contributed by atoms with van der Waals surface area (Å²) in [5, 5.41) is 2.76. The van der Waals surface area contributed by atoms with Crippen LogP contribution in [-0.2, 0) is 26.2 Å². The van der Waals surface area contributed by atoms with Gasteiger partial charge in [0, 0.05) is 31.6 Å². The zero-order chi connectivity index (χ0) is 26.7. The lowest BCUT2D eigenvalue weighted by atomic mass is 10.0. The van der Waals surface area contributed by atoms with Crippen molar-refractivity contribution in [1.82, 2.24) is 14.5 Å². The van der Waals surface area contributed by atoms with E-state index >= 15 is 0 Å². The van der Waals surface area contributed by atoms with Crippen LogP contribution < -0.4 is 5.32 Å². The van der Waals surface area contributed by atoms with E-state index in [2.05, 4.69) is 5.32 Å². The number of furan rings is 1. The van der Waals surface area contributed by atoms with Crippen LogP contribution in [0.4, 0.5) is 4.39 Å². The Morgan fingerprint density at radius 1 is 1.08 bits per heavy atom. The molecule has 0 spiro atoms. The molecule has 0 bridgehead atoms. The highest BCUT2D eigenvalue weighted by Gasteiger charge is 2.43. The molecule has 0 unspecified atom stereocenters. The zero-order valence-corrected chi connectivity index (χ0v) is 21.7. The highest BCUT2D eigenvalue weighted by molar-refractivity contribution is 7.89. The van der Waals surface area contributed by atoms with Gasteiger partial charge < -0.3 is 14.6 Å². The molecule has 2 aromatic carbocycles. The minimum atomic E-state index is -3.87. The van der Waals surface area contributed by atoms with E-state index in [9.17, 15) is 22.4 Å². The van der Waals surface area contributed by atoms with Crippen molar-refractivity contribution >= 4 is 21.8 Å². The minimum Gasteiger partial charge on any atom is -0.464 e. The van der Waals surface area contributed by atoms with Gasteiger partial charge in [-0.3, -0.25) is 9.59 Å². The third-order valence-corrected chi connectivity index (χ3v) is 8.22. The maximum atomic E-state index is 14.6. The molecule has 196 valence electrons. The molecule has 1 aromatic heterocycles. The van der Waals surface area contributed by atoms with Gasteiger partial charge in [-0.2, -0.15) is 4.31 Å². The molecule has 0 aliphatic carbocycles. The largest absolute Gasteiger partial charge is 0.464 e. The van der Waals surface area contributed by atoms with Crippen molar-refractivity contribution in [3.63, 3.8) is 0 Å². The van der Waals surface area contributed by atoms with Crippen LogP contribution >= 0.6 is 0 Å². The van der Waals surface area contributed by atoms with Gasteiger partial charge in [0.15, 0.2) is 0 Å². The van der Waals surface area contributed by atoms with E-state index < -0.39 is 33.8 Å². The van der Waals surface area contributed by atoms with Crippen molar-refractivity contribution < 1.29 is 26.8 Å². The molecular formula is C27H30FN3O5S. The van der Waals surface area contributed by atoms with Crippen LogP contribution in [0, 0.1) is 11.7 Å². The molecule has 10 heteroatoms. The van der Waals surface area contributed by atoms with E-state index in [0.29, 0.717) is 16.9 Å². The Bertz CT molecular complexity index is 1360. The minimum absolute atomic E-state index is 0.00815. The van der Waals surface area contributed by atoms with E-state index in [1.54, 1.807) is 63.2 Å². The molecule has 1 saturated heterocycles. The lowest BCUT2D eigenvalue weighted by Crippen LogP contribution is -2.65. The summed E-state index contributed by atoms with van der Waals surface area (Å²) in [4.78, 5) is 28.0. The smallest absolute Gasteiger partial charge is 0.244 e. The molecule has 2 heterocycles. The Hall–Kier alpha value is -3.50. The van der Waals surface area contributed by atoms with Gasteiger partial charge in [-0.05, 0) is 48.9 Å². The number of sulfonamides is 1. The molecule has 37 heavy (non-hydrogen) atoms. The number of carbonyl (C=O) groups is 2. The van der Waals surface area contributed by atoms with Gasteiger partial charge >= 0.3 is 0 Å². The number of hydrogen-bond acceptors (Lipinski definition) is 5. The number of carbonyl (C=O) groups excluding carboxylic acids is 2. The molecule has 1 aliphatic rings. The monoisotopic (exact) mass is 527 g/mol. The third-order valence-electron chi connectivity index (χ3n) is 6.37. The average Bonchev–Trinajstić information content (AvgIpc) is 3.41. The number of hydrogen-bond donors (Lipinski definition) is 1. The average molecular weight is 528 g/mol. The molecule has 1 fully saturated rings. The van der Waals surface area contributed by atoms with Crippen LogP contribution in [0.25, 0.3) is 11.3 Å². The number of rotatable bonds is 7. The highest BCUT2D eigenvalue weighted by atomic mass is 32.2. The summed E-state index contributed by atoms with van der Waals surface area (Å²) in [5.41, 5.74) is 0.817. The normalized spacial score (nSPS) is 18.7. The second-order valence-electron chi connectivity index (χ2n) is 9.41. The van der Waals surface area contributed by atoms with Crippen molar-refractivity contribution in [3.05, 3.63) is 78.3 Å². The summed E-state index contributed by atoms with van der Waals surface area (Å²) >= 11 is 0. The van der Waals surface area contributed by atoms with Gasteiger partial charge in [0.2, 0.25) is 21.8 Å². The number of amides is 2. The molecular weight excluding hydrogens is 497 g/mol. The van der Waals surface area contributed by atoms with E-state index in [1.807, 2.05) is 0 Å². The van der Waals surface area contributed by atoms with Crippen LogP contribution in [0.1, 0.15) is 26.3 Å². The first kappa shape index (κ1) is 26.6. The van der Waals surface area contributed by atoms with Crippen molar-refractivity contribution in [1.29, 1.82) is 0 Å². The first-order valence-electron chi connectivity index (χ1n) is 12.1. The topological polar surface area (TPSA) is 99.9 Å². The molecule has 0 saturated carbocycles. The van der Waals surface area contributed by atoms with Crippen LogP contribution in [0.2, 0.25) is 0 Å². The highest BCUT2D eigenvalue weighted by Crippen LogP contribution is 2.26. The molecule has 1 aliphatic heterocycles. The molecule has 1 N–H and O–H groups in total. The zero-order valence-electron chi connectivity index (χ0n) is 20.9. The fraction of sp³-hybridized carbons (Fsp3) is 0.333. The number of nitrogens with one attached hydrogen (secondary N) is 1. The van der Waals surface area contributed by atoms with E-state index in [-0.39, 0.29) is 36.4 Å². The third kappa shape index (κ3) is 5.60. The lowest BCUT2D eigenvalue weighted by molar-refractivity contribution is -0.148. The Labute approximate surface area is 216 Å². The summed E-state index contributed by atoms with van der Waals surface area (Å²) in [6.45, 7) is 5.10. The lowest BCUT2D eigenvalue weighted by Gasteiger charge is -2.44. The van der Waals surface area contributed by atoms with Crippen LogP contribution in [0.3, 0.4) is 0 Å². The van der Waals surface area contributed by atoms with Gasteiger partial charge in [0.1, 0.15) is 17.6 Å². The maximum Gasteiger partial charge on any atom is 0.244 e. The fourth-order valence-corrected chi connectivity index (χ4v) is 6.02. The Morgan fingerprint density at radius 3 is 2.43 bits per heavy atom. The van der Waals surface area contributed by atoms with Crippen LogP contribution in [-0.4, -0.2) is 54.6 Å². The Balaban J connectivity index is 1.55. The van der Waals surface area contributed by atoms with E-state index in [1.165, 1.54) is 33.7 Å². The second-order valence-corrected chi connectivity index (χ2v) is 11.3. The van der Waals surface area contributed by atoms with Crippen molar-refractivity contribution in [2.24, 2.45) is 5.92 Å². The van der Waals surface area contributed by atoms with Gasteiger partial charge in [-0.25, -0.2) is 12.8 Å². The molecule has 3 aromatic rings. The SMILES string of the molecule is CC(C)C(=O)N1[C@H](C)CN(S(=O)(=O)c2ccccc2)C[C@@H]1C(=O)NCc1ccc(-c2ccco2)c(F)c1. The summed E-state index contributed by atoms with van der Waals surface area (Å²) in [6, 6.07) is 14.3. The number of piperazine rings is 1. The van der Waals surface area contributed by atoms with Crippen LogP contribution in [0.5, 0.6) is 0 Å². The van der Waals surface area contributed by atoms with Gasteiger partial charge in [0.25, 0.3) is 0 Å². The molecule has 8 nitrogen and oxygen atoms in total. The van der Waals surface area contributed by atoms with Gasteiger partial charge in [0.05, 0.1) is 16.7 Å². The van der Waals surface area contributed by atoms with E-state index in [4.69, 9.17) is 4.42 Å². The van der Waals surface area contributed by atoms with Crippen molar-refractivity contribution in [2.75, 3.05) is 13.1 Å². The maximum absolute atomic E-state index is 14.6. The first-order chi connectivity index (χ1) is 17.6. The van der Waals surface area contributed by atoms with Crippen LogP contribution in [0.15, 0.2) is 76.2 Å². The quantitative estimate of drug-likeness (QED) is 0.506. The first-order valence-corrected chi connectivity index (χ1v) is 13.5. The summed E-state index contributed by atoms with van der Waals surface area (Å²) in [7, 11) is -3.87. The standard InChI is InChI=1S/C27H30FN3O5S/c1-18(2)27(33)31-19(3)16-30(37(34,35)21-8-5-4-6-9-21)17-24(31)26(32)29-15-20-11-12-22(23(28)14-20)25-10-7-13-36-25/h4-14,18-19,24H,15-17H2,1-3H3,(H,29,32)/t19-,24-/m1/s1. The van der Waals surface area contributed by atoms with Gasteiger partial charge in [-0.1, -0.05) is 38.1 Å². The molecule has 0 radical (unpaired) electrons. The van der Waals surface area contributed by atoms with E-state index in [0.717, 1.165) is 0 Å². The molecule has 4 rings (SSSR count). The Kier molecular flexibility index (Phi) is 7.79. The predicted octanol–water partition coefficient (Wildman–Crippen LogP) is 3.65. The van der Waals surface area contributed by atoms with Gasteiger partial charge in [-0.15, -0.1) is 0 Å². The predicted molar refractivity (Wildman–Crippen MR) is 136 cm³/mol. The number of halogens is 1. The summed E-state index contributed by atoms with van der Waals surface area (Å²) < 4.78 is 47.7. The summed E-state index contributed by atoms with van der Waals surface area (Å²) in [5.74, 6) is -1.22. The molecule has 2 atom stereocenters. The fourth-order valence-electron chi connectivity index (χ4n) is 4.47. The van der Waals surface area contributed by atoms with Crippen molar-refractivity contribution in [3.8, 4) is 11.3 Å². The Morgan fingerprint density at radius 2 is 1.81 bits per heavy atom. The second kappa shape index (κ2) is 10.9. The molecule has 2 amide bonds.